The maximum atomic E-state index is 13.6. The first-order chi connectivity index (χ1) is 13.6. The fraction of sp³-hybridized carbons (Fsp3) is 0.211. The van der Waals surface area contributed by atoms with E-state index in [-0.39, 0.29) is 27.9 Å². The number of aryl methyl sites for hydroxylation is 1. The second-order valence-electron chi connectivity index (χ2n) is 6.57. The van der Waals surface area contributed by atoms with E-state index in [0.29, 0.717) is 17.2 Å². The molecule has 2 aromatic heterocycles. The molecule has 5 nitrogen and oxygen atoms in total. The third-order valence-corrected chi connectivity index (χ3v) is 5.32. The Bertz CT molecular complexity index is 1170. The SMILES string of the molecule is Cc1cnc2n1-c1ccc(C(F)(F)F)c(Cl)c1C(c1nc(O)ccc1Cl)=N[C@H]2C. The van der Waals surface area contributed by atoms with Crippen LogP contribution in [-0.4, -0.2) is 25.4 Å². The van der Waals surface area contributed by atoms with E-state index < -0.39 is 22.8 Å². The molecule has 29 heavy (non-hydrogen) atoms. The largest absolute Gasteiger partial charge is 0.493 e. The van der Waals surface area contributed by atoms with E-state index in [1.54, 1.807) is 24.6 Å². The van der Waals surface area contributed by atoms with Crippen molar-refractivity contribution in [1.82, 2.24) is 14.5 Å². The van der Waals surface area contributed by atoms with Gasteiger partial charge >= 0.3 is 6.18 Å². The van der Waals surface area contributed by atoms with Crippen LogP contribution in [-0.2, 0) is 6.18 Å². The second kappa shape index (κ2) is 6.74. The van der Waals surface area contributed by atoms with E-state index in [9.17, 15) is 18.3 Å². The topological polar surface area (TPSA) is 63.3 Å². The predicted octanol–water partition coefficient (Wildman–Crippen LogP) is 5.52. The lowest BCUT2D eigenvalue weighted by atomic mass is 10.0. The summed E-state index contributed by atoms with van der Waals surface area (Å²) < 4.78 is 42.4. The summed E-state index contributed by atoms with van der Waals surface area (Å²) in [5.74, 6) is 0.188. The molecule has 10 heteroatoms. The van der Waals surface area contributed by atoms with Gasteiger partial charge in [-0.15, -0.1) is 0 Å². The number of imidazole rings is 1. The van der Waals surface area contributed by atoms with Gasteiger partial charge in [-0.1, -0.05) is 23.2 Å². The van der Waals surface area contributed by atoms with Crippen LogP contribution in [0.3, 0.4) is 0 Å². The van der Waals surface area contributed by atoms with Crippen molar-refractivity contribution in [2.24, 2.45) is 4.99 Å². The zero-order chi connectivity index (χ0) is 21.1. The number of aromatic nitrogens is 3. The van der Waals surface area contributed by atoms with Gasteiger partial charge < -0.3 is 5.11 Å². The molecule has 0 fully saturated rings. The van der Waals surface area contributed by atoms with Gasteiger partial charge in [0.2, 0.25) is 5.88 Å². The molecular formula is C19H13Cl2F3N4O. The van der Waals surface area contributed by atoms with Gasteiger partial charge in [0.1, 0.15) is 17.6 Å². The Kier molecular flexibility index (Phi) is 4.59. The summed E-state index contributed by atoms with van der Waals surface area (Å²) in [5.41, 5.74) is 0.176. The number of benzene rings is 1. The van der Waals surface area contributed by atoms with Crippen molar-refractivity contribution < 1.29 is 18.3 Å². The monoisotopic (exact) mass is 440 g/mol. The summed E-state index contributed by atoms with van der Waals surface area (Å²) >= 11 is 12.5. The Balaban J connectivity index is 2.14. The molecule has 0 radical (unpaired) electrons. The van der Waals surface area contributed by atoms with Crippen molar-refractivity contribution in [3.8, 4) is 11.6 Å². The zero-order valence-electron chi connectivity index (χ0n) is 15.1. The lowest BCUT2D eigenvalue weighted by Crippen LogP contribution is -2.15. The van der Waals surface area contributed by atoms with Crippen molar-refractivity contribution in [2.75, 3.05) is 0 Å². The van der Waals surface area contributed by atoms with Gasteiger partial charge in [0.05, 0.1) is 27.0 Å². The molecule has 3 heterocycles. The average molecular weight is 441 g/mol. The number of alkyl halides is 3. The molecule has 3 aromatic rings. The first-order valence-electron chi connectivity index (χ1n) is 8.48. The van der Waals surface area contributed by atoms with Crippen molar-refractivity contribution in [1.29, 1.82) is 0 Å². The van der Waals surface area contributed by atoms with E-state index >= 15 is 0 Å². The molecule has 1 aliphatic rings. The highest BCUT2D eigenvalue weighted by atomic mass is 35.5. The predicted molar refractivity (Wildman–Crippen MR) is 103 cm³/mol. The van der Waals surface area contributed by atoms with Gasteiger partial charge in [-0.3, -0.25) is 9.56 Å². The summed E-state index contributed by atoms with van der Waals surface area (Å²) in [5, 5.41) is 9.42. The minimum absolute atomic E-state index is 0.0215. The lowest BCUT2D eigenvalue weighted by Gasteiger charge is -2.18. The van der Waals surface area contributed by atoms with E-state index in [4.69, 9.17) is 23.2 Å². The minimum atomic E-state index is -4.67. The molecule has 0 saturated carbocycles. The summed E-state index contributed by atoms with van der Waals surface area (Å²) in [4.78, 5) is 12.9. The second-order valence-corrected chi connectivity index (χ2v) is 7.35. The summed E-state index contributed by atoms with van der Waals surface area (Å²) in [7, 11) is 0. The van der Waals surface area contributed by atoms with Gasteiger partial charge in [-0.2, -0.15) is 13.2 Å². The van der Waals surface area contributed by atoms with E-state index in [1.165, 1.54) is 18.2 Å². The van der Waals surface area contributed by atoms with Gasteiger partial charge in [0.25, 0.3) is 0 Å². The number of hydrogen-bond acceptors (Lipinski definition) is 4. The Morgan fingerprint density at radius 1 is 1.14 bits per heavy atom. The van der Waals surface area contributed by atoms with Crippen LogP contribution in [0.1, 0.15) is 41.3 Å². The third-order valence-electron chi connectivity index (χ3n) is 4.62. The van der Waals surface area contributed by atoms with Crippen LogP contribution in [0.25, 0.3) is 5.69 Å². The number of pyridine rings is 1. The first kappa shape index (κ1) is 19.7. The van der Waals surface area contributed by atoms with Crippen molar-refractivity contribution in [3.63, 3.8) is 0 Å². The molecule has 0 spiro atoms. The van der Waals surface area contributed by atoms with Crippen LogP contribution < -0.4 is 0 Å². The number of halogens is 5. The maximum Gasteiger partial charge on any atom is 0.417 e. The summed E-state index contributed by atoms with van der Waals surface area (Å²) in [6, 6.07) is 4.39. The number of hydrogen-bond donors (Lipinski definition) is 1. The molecule has 1 aliphatic heterocycles. The quantitative estimate of drug-likeness (QED) is 0.541. The number of fused-ring (bicyclic) bond motifs is 3. The summed E-state index contributed by atoms with van der Waals surface area (Å²) in [6.45, 7) is 3.53. The third kappa shape index (κ3) is 3.16. The van der Waals surface area contributed by atoms with Gasteiger partial charge in [0.15, 0.2) is 0 Å². The Labute approximate surface area is 173 Å². The van der Waals surface area contributed by atoms with Crippen LogP contribution in [0.5, 0.6) is 5.88 Å². The van der Waals surface area contributed by atoms with Gasteiger partial charge in [0, 0.05) is 23.5 Å². The van der Waals surface area contributed by atoms with Crippen molar-refractivity contribution in [2.45, 2.75) is 26.1 Å². The molecule has 0 unspecified atom stereocenters. The molecule has 150 valence electrons. The van der Waals surface area contributed by atoms with Crippen LogP contribution >= 0.6 is 23.2 Å². The standard InChI is InChI=1S/C19H13Cl2F3N4O/c1-8-7-25-18-9(2)26-17(16-11(20)4-6-13(29)27-16)14-12(28(8)18)5-3-10(15(14)21)19(22,23)24/h3-7,9H,1-2H3,(H,27,29)/t9-/m0/s1. The highest BCUT2D eigenvalue weighted by Crippen LogP contribution is 2.42. The number of nitrogens with zero attached hydrogens (tertiary/aromatic N) is 4. The first-order valence-corrected chi connectivity index (χ1v) is 9.23. The lowest BCUT2D eigenvalue weighted by molar-refractivity contribution is -0.137. The van der Waals surface area contributed by atoms with Crippen LogP contribution in [0.4, 0.5) is 13.2 Å². The van der Waals surface area contributed by atoms with Crippen LogP contribution in [0.15, 0.2) is 35.5 Å². The normalized spacial score (nSPS) is 16.1. The highest BCUT2D eigenvalue weighted by Gasteiger charge is 2.37. The van der Waals surface area contributed by atoms with Crippen molar-refractivity contribution in [3.05, 3.63) is 68.8 Å². The van der Waals surface area contributed by atoms with Crippen LogP contribution in [0.2, 0.25) is 10.0 Å². The van der Waals surface area contributed by atoms with Gasteiger partial charge in [-0.05, 0) is 32.0 Å². The fourth-order valence-electron chi connectivity index (χ4n) is 3.35. The molecule has 0 amide bonds. The van der Waals surface area contributed by atoms with Crippen molar-refractivity contribution >= 4 is 28.9 Å². The van der Waals surface area contributed by atoms with E-state index in [0.717, 1.165) is 6.07 Å². The van der Waals surface area contributed by atoms with E-state index in [1.807, 2.05) is 0 Å². The maximum absolute atomic E-state index is 13.6. The molecule has 4 rings (SSSR count). The minimum Gasteiger partial charge on any atom is -0.493 e. The number of aromatic hydroxyl groups is 1. The average Bonchev–Trinajstić information content (AvgIpc) is 2.96. The molecule has 1 N–H and O–H groups in total. The molecular weight excluding hydrogens is 428 g/mol. The molecule has 0 bridgehead atoms. The molecule has 0 aliphatic carbocycles. The van der Waals surface area contributed by atoms with Crippen LogP contribution in [0, 0.1) is 6.92 Å². The Morgan fingerprint density at radius 2 is 1.86 bits per heavy atom. The molecule has 1 atom stereocenters. The molecule has 0 saturated heterocycles. The zero-order valence-corrected chi connectivity index (χ0v) is 16.6. The highest BCUT2D eigenvalue weighted by molar-refractivity contribution is 6.39. The number of aliphatic imine (C=N–C) groups is 1. The Hall–Kier alpha value is -2.58. The summed E-state index contributed by atoms with van der Waals surface area (Å²) in [6.07, 6.45) is -3.06. The Morgan fingerprint density at radius 3 is 2.55 bits per heavy atom. The number of rotatable bonds is 1. The smallest absolute Gasteiger partial charge is 0.417 e. The molecule has 1 aromatic carbocycles. The fourth-order valence-corrected chi connectivity index (χ4v) is 3.90. The van der Waals surface area contributed by atoms with Gasteiger partial charge in [-0.25, -0.2) is 9.97 Å². The van der Waals surface area contributed by atoms with E-state index in [2.05, 4.69) is 15.0 Å².